The summed E-state index contributed by atoms with van der Waals surface area (Å²) in [7, 11) is 3.65. The van der Waals surface area contributed by atoms with Crippen molar-refractivity contribution in [3.8, 4) is 5.75 Å². The number of methoxy groups -OCH3 is 1. The highest BCUT2D eigenvalue weighted by Gasteiger charge is 2.09. The van der Waals surface area contributed by atoms with E-state index in [4.69, 9.17) is 9.73 Å². The first kappa shape index (κ1) is 26.6. The van der Waals surface area contributed by atoms with Crippen LogP contribution in [0.2, 0.25) is 0 Å². The summed E-state index contributed by atoms with van der Waals surface area (Å²) in [6, 6.07) is 14.6. The van der Waals surface area contributed by atoms with Crippen LogP contribution >= 0.6 is 24.0 Å². The number of aromatic nitrogens is 3. The van der Waals surface area contributed by atoms with Crippen molar-refractivity contribution in [2.45, 2.75) is 32.9 Å². The number of nitrogens with one attached hydrogen (secondary N) is 1. The minimum Gasteiger partial charge on any atom is -0.497 e. The van der Waals surface area contributed by atoms with E-state index >= 15 is 0 Å². The maximum atomic E-state index is 13.3. The third-order valence-electron chi connectivity index (χ3n) is 5.16. The predicted octanol–water partition coefficient (Wildman–Crippen LogP) is 3.93. The summed E-state index contributed by atoms with van der Waals surface area (Å²) in [5.41, 5.74) is 2.22. The molecule has 3 rings (SSSR count). The fourth-order valence-corrected chi connectivity index (χ4v) is 3.36. The first-order valence-corrected chi connectivity index (χ1v) is 10.8. The second kappa shape index (κ2) is 13.8. The van der Waals surface area contributed by atoms with Crippen molar-refractivity contribution in [1.29, 1.82) is 0 Å². The molecule has 0 aliphatic rings. The van der Waals surface area contributed by atoms with Crippen LogP contribution < -0.4 is 10.1 Å². The summed E-state index contributed by atoms with van der Waals surface area (Å²) in [4.78, 5) is 6.87. The van der Waals surface area contributed by atoms with Crippen LogP contribution in [-0.4, -0.2) is 52.9 Å². The van der Waals surface area contributed by atoms with Gasteiger partial charge in [0.2, 0.25) is 0 Å². The van der Waals surface area contributed by atoms with Gasteiger partial charge in [0.1, 0.15) is 23.7 Å². The van der Waals surface area contributed by atoms with Crippen LogP contribution in [0.25, 0.3) is 0 Å². The van der Waals surface area contributed by atoms with Crippen LogP contribution in [0.3, 0.4) is 0 Å². The molecule has 0 aliphatic carbocycles. The molecule has 0 spiro atoms. The van der Waals surface area contributed by atoms with Gasteiger partial charge in [0.05, 0.1) is 7.11 Å². The Kier molecular flexibility index (Phi) is 11.1. The van der Waals surface area contributed by atoms with E-state index in [0.717, 1.165) is 42.5 Å². The van der Waals surface area contributed by atoms with Crippen LogP contribution in [0, 0.1) is 5.82 Å². The van der Waals surface area contributed by atoms with Gasteiger partial charge in [0, 0.05) is 39.6 Å². The normalized spacial score (nSPS) is 11.1. The highest BCUT2D eigenvalue weighted by molar-refractivity contribution is 14.0. The fourth-order valence-electron chi connectivity index (χ4n) is 3.36. The summed E-state index contributed by atoms with van der Waals surface area (Å²) < 4.78 is 20.5. The molecule has 0 radical (unpaired) electrons. The first-order valence-electron chi connectivity index (χ1n) is 10.8. The number of hydrogen-bond donors (Lipinski definition) is 1. The topological polar surface area (TPSA) is 67.6 Å². The third kappa shape index (κ3) is 8.30. The van der Waals surface area contributed by atoms with Crippen molar-refractivity contribution in [3.63, 3.8) is 0 Å². The van der Waals surface area contributed by atoms with E-state index in [0.29, 0.717) is 19.6 Å². The number of rotatable bonds is 10. The van der Waals surface area contributed by atoms with Gasteiger partial charge in [-0.05, 0) is 41.8 Å². The van der Waals surface area contributed by atoms with E-state index in [9.17, 15) is 4.39 Å². The first-order chi connectivity index (χ1) is 15.6. The number of ether oxygens (including phenoxy) is 1. The number of guanidine groups is 1. The number of aliphatic imine (C=N–C) groups is 1. The summed E-state index contributed by atoms with van der Waals surface area (Å²) in [5.74, 6) is 2.38. The Balaban J connectivity index is 0.00000385. The molecule has 0 saturated heterocycles. The quantitative estimate of drug-likeness (QED) is 0.229. The molecule has 1 N–H and O–H groups in total. The van der Waals surface area contributed by atoms with E-state index in [1.165, 1.54) is 17.7 Å². The Morgan fingerprint density at radius 1 is 1.12 bits per heavy atom. The predicted molar refractivity (Wildman–Crippen MR) is 140 cm³/mol. The molecule has 1 heterocycles. The minimum atomic E-state index is -0.233. The Labute approximate surface area is 212 Å². The van der Waals surface area contributed by atoms with Gasteiger partial charge in [-0.15, -0.1) is 34.2 Å². The molecule has 3 aromatic rings. The molecule has 7 nitrogen and oxygen atoms in total. The van der Waals surface area contributed by atoms with Crippen molar-refractivity contribution < 1.29 is 9.13 Å². The molecule has 0 unspecified atom stereocenters. The van der Waals surface area contributed by atoms with Gasteiger partial charge in [-0.25, -0.2) is 4.39 Å². The van der Waals surface area contributed by atoms with Crippen molar-refractivity contribution >= 4 is 29.9 Å². The lowest BCUT2D eigenvalue weighted by molar-refractivity contribution is 0.414. The van der Waals surface area contributed by atoms with E-state index in [1.54, 1.807) is 25.6 Å². The van der Waals surface area contributed by atoms with Crippen LogP contribution in [0.4, 0.5) is 4.39 Å². The maximum absolute atomic E-state index is 13.3. The van der Waals surface area contributed by atoms with Crippen molar-refractivity contribution in [1.82, 2.24) is 25.0 Å². The van der Waals surface area contributed by atoms with Crippen LogP contribution in [-0.2, 0) is 25.9 Å². The highest BCUT2D eigenvalue weighted by atomic mass is 127. The Morgan fingerprint density at radius 3 is 2.48 bits per heavy atom. The molecule has 0 aliphatic heterocycles. The largest absolute Gasteiger partial charge is 0.497 e. The molecule has 9 heteroatoms. The lowest BCUT2D eigenvalue weighted by atomic mass is 10.1. The summed E-state index contributed by atoms with van der Waals surface area (Å²) in [6.45, 7) is 4.78. The lowest BCUT2D eigenvalue weighted by Gasteiger charge is -2.23. The van der Waals surface area contributed by atoms with Gasteiger partial charge in [0.25, 0.3) is 0 Å². The SMILES string of the molecule is CCc1nncn1CCNC(=NCCc1ccc(OC)cc1)N(C)Cc1ccc(F)cc1.I. The number of benzene rings is 2. The van der Waals surface area contributed by atoms with Gasteiger partial charge < -0.3 is 19.5 Å². The molecule has 2 aromatic carbocycles. The van der Waals surface area contributed by atoms with E-state index < -0.39 is 0 Å². The standard InChI is InChI=1S/C24H31FN6O.HI/c1-4-23-29-28-18-31(23)16-15-27-24(30(2)17-20-5-9-21(25)10-6-20)26-14-13-19-7-11-22(32-3)12-8-19;/h5-12,18H,4,13-17H2,1-3H3,(H,26,27);1H. The zero-order valence-corrected chi connectivity index (χ0v) is 21.7. The Morgan fingerprint density at radius 2 is 1.82 bits per heavy atom. The van der Waals surface area contributed by atoms with Crippen molar-refractivity contribution in [2.75, 3.05) is 27.2 Å². The second-order valence-electron chi connectivity index (χ2n) is 7.51. The number of halogens is 2. The van der Waals surface area contributed by atoms with Crippen LogP contribution in [0.1, 0.15) is 23.9 Å². The Hall–Kier alpha value is -2.69. The molecule has 0 fully saturated rings. The number of nitrogens with zero attached hydrogens (tertiary/aromatic N) is 5. The molecule has 0 amide bonds. The molecular formula is C24H32FIN6O. The maximum Gasteiger partial charge on any atom is 0.194 e. The van der Waals surface area contributed by atoms with Gasteiger partial charge in [0.15, 0.2) is 5.96 Å². The zero-order valence-electron chi connectivity index (χ0n) is 19.4. The Bertz CT molecular complexity index is 991. The van der Waals surface area contributed by atoms with Crippen LogP contribution in [0.15, 0.2) is 59.9 Å². The second-order valence-corrected chi connectivity index (χ2v) is 7.51. The highest BCUT2D eigenvalue weighted by Crippen LogP contribution is 2.12. The number of hydrogen-bond acceptors (Lipinski definition) is 4. The van der Waals surface area contributed by atoms with Gasteiger partial charge in [-0.2, -0.15) is 0 Å². The van der Waals surface area contributed by atoms with E-state index in [1.807, 2.05) is 28.6 Å². The monoisotopic (exact) mass is 566 g/mol. The van der Waals surface area contributed by atoms with Crippen LogP contribution in [0.5, 0.6) is 5.75 Å². The molecule has 0 atom stereocenters. The smallest absolute Gasteiger partial charge is 0.194 e. The fraction of sp³-hybridized carbons (Fsp3) is 0.375. The average Bonchev–Trinajstić information content (AvgIpc) is 3.27. The summed E-state index contributed by atoms with van der Waals surface area (Å²) in [5, 5.41) is 11.6. The molecule has 0 bridgehead atoms. The zero-order chi connectivity index (χ0) is 22.8. The molecular weight excluding hydrogens is 534 g/mol. The molecule has 1 aromatic heterocycles. The van der Waals surface area contributed by atoms with Gasteiger partial charge in [-0.3, -0.25) is 4.99 Å². The average molecular weight is 566 g/mol. The van der Waals surface area contributed by atoms with Gasteiger partial charge in [-0.1, -0.05) is 31.2 Å². The third-order valence-corrected chi connectivity index (χ3v) is 5.16. The number of aryl methyl sites for hydroxylation is 1. The summed E-state index contributed by atoms with van der Waals surface area (Å²) >= 11 is 0. The van der Waals surface area contributed by atoms with E-state index in [2.05, 4.69) is 34.6 Å². The molecule has 178 valence electrons. The van der Waals surface area contributed by atoms with Gasteiger partial charge >= 0.3 is 0 Å². The minimum absolute atomic E-state index is 0. The summed E-state index contributed by atoms with van der Waals surface area (Å²) in [6.07, 6.45) is 3.42. The molecule has 0 saturated carbocycles. The lowest BCUT2D eigenvalue weighted by Crippen LogP contribution is -2.40. The molecule has 33 heavy (non-hydrogen) atoms. The van der Waals surface area contributed by atoms with Crippen molar-refractivity contribution in [2.24, 2.45) is 4.99 Å². The van der Waals surface area contributed by atoms with E-state index in [-0.39, 0.29) is 29.8 Å². The van der Waals surface area contributed by atoms with Crippen molar-refractivity contribution in [3.05, 3.63) is 77.6 Å².